The molecule has 86 valence electrons. The first-order chi connectivity index (χ1) is 6.32. The topological polar surface area (TPSA) is 66.6 Å². The molecule has 0 radical (unpaired) electrons. The minimum absolute atomic E-state index is 0.161. The third-order valence-corrected chi connectivity index (χ3v) is 4.40. The molecule has 0 aliphatic rings. The molecule has 0 saturated carbocycles. The zero-order valence-electron chi connectivity index (χ0n) is 9.40. The maximum atomic E-state index is 11.7. The molecular formula is C8H21N3O2S. The van der Waals surface area contributed by atoms with E-state index in [9.17, 15) is 8.42 Å². The van der Waals surface area contributed by atoms with Gasteiger partial charge in [0.2, 0.25) is 10.0 Å². The minimum atomic E-state index is -3.20. The predicted octanol–water partition coefficient (Wildman–Crippen LogP) is -0.843. The fourth-order valence-electron chi connectivity index (χ4n) is 0.897. The van der Waals surface area contributed by atoms with Gasteiger partial charge in [0, 0.05) is 26.7 Å². The molecule has 1 unspecified atom stereocenters. The average Bonchev–Trinajstić information content (AvgIpc) is 2.12. The van der Waals surface area contributed by atoms with Gasteiger partial charge in [-0.3, -0.25) is 0 Å². The van der Waals surface area contributed by atoms with E-state index in [1.807, 2.05) is 19.0 Å². The molecule has 0 rings (SSSR count). The van der Waals surface area contributed by atoms with Crippen LogP contribution < -0.4 is 5.73 Å². The van der Waals surface area contributed by atoms with E-state index in [2.05, 4.69) is 0 Å². The lowest BCUT2D eigenvalue weighted by Crippen LogP contribution is -2.41. The van der Waals surface area contributed by atoms with Crippen LogP contribution in [0.4, 0.5) is 0 Å². The maximum absolute atomic E-state index is 11.7. The van der Waals surface area contributed by atoms with E-state index in [0.717, 1.165) is 0 Å². The highest BCUT2D eigenvalue weighted by Gasteiger charge is 2.24. The van der Waals surface area contributed by atoms with E-state index in [1.54, 1.807) is 14.0 Å². The summed E-state index contributed by atoms with van der Waals surface area (Å²) in [4.78, 5) is 1.94. The molecule has 0 aromatic carbocycles. The number of sulfonamides is 1. The van der Waals surface area contributed by atoms with Gasteiger partial charge in [0.25, 0.3) is 0 Å². The first-order valence-corrected chi connectivity index (χ1v) is 6.12. The lowest BCUT2D eigenvalue weighted by Gasteiger charge is -2.22. The van der Waals surface area contributed by atoms with Crippen LogP contribution in [0.5, 0.6) is 0 Å². The molecule has 0 spiro atoms. The summed E-state index contributed by atoms with van der Waals surface area (Å²) >= 11 is 0. The summed E-state index contributed by atoms with van der Waals surface area (Å²) in [7, 11) is 2.20. The Balaban J connectivity index is 4.29. The highest BCUT2D eigenvalue weighted by atomic mass is 32.2. The monoisotopic (exact) mass is 223 g/mol. The Kier molecular flexibility index (Phi) is 5.58. The SMILES string of the molecule is CC(CN)S(=O)(=O)N(C)CCN(C)C. The van der Waals surface area contributed by atoms with Gasteiger partial charge in [-0.05, 0) is 21.0 Å². The zero-order valence-corrected chi connectivity index (χ0v) is 10.2. The fraction of sp³-hybridized carbons (Fsp3) is 1.00. The van der Waals surface area contributed by atoms with Crippen molar-refractivity contribution in [2.24, 2.45) is 5.73 Å². The molecule has 0 amide bonds. The Morgan fingerprint density at radius 1 is 1.21 bits per heavy atom. The van der Waals surface area contributed by atoms with Crippen LogP contribution in [0, 0.1) is 0 Å². The smallest absolute Gasteiger partial charge is 0.217 e. The van der Waals surface area contributed by atoms with Gasteiger partial charge in [-0.1, -0.05) is 0 Å². The van der Waals surface area contributed by atoms with E-state index in [4.69, 9.17) is 5.73 Å². The van der Waals surface area contributed by atoms with Crippen LogP contribution in [-0.4, -0.2) is 63.7 Å². The van der Waals surface area contributed by atoms with Crippen LogP contribution in [-0.2, 0) is 10.0 Å². The molecule has 0 aliphatic carbocycles. The van der Waals surface area contributed by atoms with Crippen molar-refractivity contribution < 1.29 is 8.42 Å². The maximum Gasteiger partial charge on any atom is 0.217 e. The zero-order chi connectivity index (χ0) is 11.4. The number of hydrogen-bond donors (Lipinski definition) is 1. The van der Waals surface area contributed by atoms with Crippen molar-refractivity contribution in [3.63, 3.8) is 0 Å². The van der Waals surface area contributed by atoms with E-state index in [0.29, 0.717) is 13.1 Å². The van der Waals surface area contributed by atoms with Gasteiger partial charge < -0.3 is 10.6 Å². The molecule has 1 atom stereocenters. The number of rotatable bonds is 6. The number of hydrogen-bond acceptors (Lipinski definition) is 4. The van der Waals surface area contributed by atoms with Crippen molar-refractivity contribution in [3.05, 3.63) is 0 Å². The highest BCUT2D eigenvalue weighted by molar-refractivity contribution is 7.89. The molecule has 0 bridgehead atoms. The minimum Gasteiger partial charge on any atom is -0.329 e. The molecule has 0 aliphatic heterocycles. The molecule has 0 fully saturated rings. The summed E-state index contributed by atoms with van der Waals surface area (Å²) < 4.78 is 24.8. The van der Waals surface area contributed by atoms with E-state index < -0.39 is 15.3 Å². The molecule has 0 saturated heterocycles. The summed E-state index contributed by atoms with van der Waals surface area (Å²) in [6, 6.07) is 0. The first-order valence-electron chi connectivity index (χ1n) is 4.62. The summed E-state index contributed by atoms with van der Waals surface area (Å²) in [6.45, 7) is 3.00. The van der Waals surface area contributed by atoms with Gasteiger partial charge in [0.1, 0.15) is 0 Å². The fourth-order valence-corrected chi connectivity index (χ4v) is 2.09. The van der Waals surface area contributed by atoms with Crippen molar-refractivity contribution in [2.75, 3.05) is 40.8 Å². The van der Waals surface area contributed by atoms with Crippen molar-refractivity contribution >= 4 is 10.0 Å². The predicted molar refractivity (Wildman–Crippen MR) is 58.6 cm³/mol. The lowest BCUT2D eigenvalue weighted by molar-refractivity contribution is 0.356. The van der Waals surface area contributed by atoms with Crippen LogP contribution in [0.3, 0.4) is 0 Å². The third-order valence-electron chi connectivity index (χ3n) is 2.14. The van der Waals surface area contributed by atoms with Gasteiger partial charge in [-0.2, -0.15) is 0 Å². The molecule has 2 N–H and O–H groups in total. The Morgan fingerprint density at radius 3 is 2.07 bits per heavy atom. The van der Waals surface area contributed by atoms with Crippen LogP contribution in [0.15, 0.2) is 0 Å². The van der Waals surface area contributed by atoms with Crippen LogP contribution >= 0.6 is 0 Å². The Morgan fingerprint density at radius 2 is 1.71 bits per heavy atom. The summed E-state index contributed by atoms with van der Waals surface area (Å²) in [5.41, 5.74) is 5.34. The Hall–Kier alpha value is -0.170. The third kappa shape index (κ3) is 3.91. The second-order valence-corrected chi connectivity index (χ2v) is 6.17. The molecule has 14 heavy (non-hydrogen) atoms. The summed E-state index contributed by atoms with van der Waals surface area (Å²) in [5, 5.41) is -0.505. The van der Waals surface area contributed by atoms with Crippen molar-refractivity contribution in [3.8, 4) is 0 Å². The molecule has 5 nitrogen and oxygen atoms in total. The summed E-state index contributed by atoms with van der Waals surface area (Å²) in [6.07, 6.45) is 0. The quantitative estimate of drug-likeness (QED) is 0.637. The highest BCUT2D eigenvalue weighted by Crippen LogP contribution is 2.04. The van der Waals surface area contributed by atoms with Crippen LogP contribution in [0.25, 0.3) is 0 Å². The molecule has 0 aromatic rings. The molecule has 0 heterocycles. The van der Waals surface area contributed by atoms with Crippen molar-refractivity contribution in [1.29, 1.82) is 0 Å². The standard InChI is InChI=1S/C8H21N3O2S/c1-8(7-9)14(12,13)11(4)6-5-10(2)3/h8H,5-7,9H2,1-4H3. The lowest BCUT2D eigenvalue weighted by atomic mass is 10.5. The van der Waals surface area contributed by atoms with E-state index in [1.165, 1.54) is 4.31 Å². The van der Waals surface area contributed by atoms with E-state index >= 15 is 0 Å². The number of nitrogens with two attached hydrogens (primary N) is 1. The van der Waals surface area contributed by atoms with E-state index in [-0.39, 0.29) is 6.54 Å². The van der Waals surface area contributed by atoms with Crippen LogP contribution in [0.1, 0.15) is 6.92 Å². The van der Waals surface area contributed by atoms with Gasteiger partial charge in [0.05, 0.1) is 5.25 Å². The van der Waals surface area contributed by atoms with Gasteiger partial charge in [-0.15, -0.1) is 0 Å². The number of nitrogens with zero attached hydrogens (tertiary/aromatic N) is 2. The molecular weight excluding hydrogens is 202 g/mol. The second-order valence-electron chi connectivity index (χ2n) is 3.72. The van der Waals surface area contributed by atoms with Crippen LogP contribution in [0.2, 0.25) is 0 Å². The average molecular weight is 223 g/mol. The van der Waals surface area contributed by atoms with Crippen molar-refractivity contribution in [1.82, 2.24) is 9.21 Å². The molecule has 0 aromatic heterocycles. The Labute approximate surface area is 86.9 Å². The molecule has 6 heteroatoms. The van der Waals surface area contributed by atoms with Gasteiger partial charge >= 0.3 is 0 Å². The second kappa shape index (κ2) is 5.65. The van der Waals surface area contributed by atoms with Crippen molar-refractivity contribution in [2.45, 2.75) is 12.2 Å². The normalized spacial score (nSPS) is 15.1. The number of likely N-dealkylation sites (N-methyl/N-ethyl adjacent to an activating group) is 2. The van der Waals surface area contributed by atoms with Gasteiger partial charge in [-0.25, -0.2) is 12.7 Å². The first kappa shape index (κ1) is 13.8. The van der Waals surface area contributed by atoms with Gasteiger partial charge in [0.15, 0.2) is 0 Å². The summed E-state index contributed by atoms with van der Waals surface area (Å²) in [5.74, 6) is 0. The Bertz CT molecular complexity index is 251. The largest absolute Gasteiger partial charge is 0.329 e.